The number of aryl methyl sites for hydroxylation is 1. The summed E-state index contributed by atoms with van der Waals surface area (Å²) >= 11 is 0. The van der Waals surface area contributed by atoms with E-state index >= 15 is 0 Å². The van der Waals surface area contributed by atoms with Crippen molar-refractivity contribution in [3.8, 4) is 17.2 Å². The van der Waals surface area contributed by atoms with E-state index in [4.69, 9.17) is 5.73 Å². The van der Waals surface area contributed by atoms with E-state index in [2.05, 4.69) is 30.1 Å². The fourth-order valence-electron chi connectivity index (χ4n) is 3.06. The van der Waals surface area contributed by atoms with Crippen LogP contribution in [-0.2, 0) is 12.8 Å². The van der Waals surface area contributed by atoms with Crippen LogP contribution in [0, 0.1) is 17.2 Å². The zero-order valence-electron chi connectivity index (χ0n) is 11.6. The first-order valence-electron chi connectivity index (χ1n) is 7.02. The van der Waals surface area contributed by atoms with Gasteiger partial charge in [-0.15, -0.1) is 0 Å². The van der Waals surface area contributed by atoms with Crippen LogP contribution in [0.15, 0.2) is 30.3 Å². The first kappa shape index (κ1) is 12.7. The molecule has 1 aliphatic rings. The van der Waals surface area contributed by atoms with Crippen molar-refractivity contribution >= 4 is 5.82 Å². The minimum Gasteiger partial charge on any atom is -0.286 e. The Morgan fingerprint density at radius 2 is 2.05 bits per heavy atom. The summed E-state index contributed by atoms with van der Waals surface area (Å²) in [6, 6.07) is 12.4. The quantitative estimate of drug-likeness (QED) is 0.860. The number of aromatic amines is 1. The second kappa shape index (κ2) is 4.97. The zero-order chi connectivity index (χ0) is 14.1. The highest BCUT2D eigenvalue weighted by molar-refractivity contribution is 5.77. The van der Waals surface area contributed by atoms with Gasteiger partial charge >= 0.3 is 0 Å². The highest BCUT2D eigenvalue weighted by atomic mass is 14.9. The van der Waals surface area contributed by atoms with Gasteiger partial charge in [-0.25, -0.2) is 4.98 Å². The molecule has 1 atom stereocenters. The average molecular weight is 264 g/mol. The Balaban J connectivity index is 2.30. The lowest BCUT2D eigenvalue weighted by Crippen LogP contribution is -2.26. The Hall–Kier alpha value is -2.34. The van der Waals surface area contributed by atoms with E-state index in [0.29, 0.717) is 17.3 Å². The number of aromatic nitrogens is 1. The van der Waals surface area contributed by atoms with Gasteiger partial charge in [-0.3, -0.25) is 5.73 Å². The highest BCUT2D eigenvalue weighted by Crippen LogP contribution is 2.35. The first-order valence-corrected chi connectivity index (χ1v) is 7.02. The first-order chi connectivity index (χ1) is 9.70. The third kappa shape index (κ3) is 2.04. The molecule has 100 valence electrons. The van der Waals surface area contributed by atoms with Gasteiger partial charge in [-0.2, -0.15) is 5.26 Å². The summed E-state index contributed by atoms with van der Waals surface area (Å²) < 4.78 is 0. The van der Waals surface area contributed by atoms with E-state index in [-0.39, 0.29) is 0 Å². The van der Waals surface area contributed by atoms with Gasteiger partial charge in [0.15, 0.2) is 0 Å². The van der Waals surface area contributed by atoms with E-state index in [1.807, 2.05) is 18.2 Å². The van der Waals surface area contributed by atoms with Crippen molar-refractivity contribution in [1.82, 2.24) is 0 Å². The highest BCUT2D eigenvalue weighted by Gasteiger charge is 2.27. The normalized spacial score (nSPS) is 17.3. The van der Waals surface area contributed by atoms with Crippen LogP contribution in [0.5, 0.6) is 0 Å². The van der Waals surface area contributed by atoms with Crippen LogP contribution < -0.4 is 10.7 Å². The number of rotatable bonds is 1. The predicted molar refractivity (Wildman–Crippen MR) is 78.8 cm³/mol. The van der Waals surface area contributed by atoms with Crippen LogP contribution in [0.2, 0.25) is 0 Å². The van der Waals surface area contributed by atoms with E-state index in [1.165, 1.54) is 17.7 Å². The molecule has 3 heteroatoms. The Morgan fingerprint density at radius 1 is 1.30 bits per heavy atom. The van der Waals surface area contributed by atoms with Gasteiger partial charge < -0.3 is 0 Å². The fraction of sp³-hybridized carbons (Fsp3) is 0.294. The molecule has 1 aromatic carbocycles. The van der Waals surface area contributed by atoms with Gasteiger partial charge in [0.1, 0.15) is 17.3 Å². The number of benzene rings is 1. The number of pyridine rings is 1. The van der Waals surface area contributed by atoms with Gasteiger partial charge in [-0.05, 0) is 24.3 Å². The molecule has 0 bridgehead atoms. The number of anilines is 1. The molecule has 1 aliphatic carbocycles. The van der Waals surface area contributed by atoms with E-state index in [1.54, 1.807) is 0 Å². The maximum absolute atomic E-state index is 9.48. The summed E-state index contributed by atoms with van der Waals surface area (Å²) in [4.78, 5) is 3.23. The number of nitrogen functional groups attached to an aromatic ring is 1. The summed E-state index contributed by atoms with van der Waals surface area (Å²) in [6.07, 6.45) is 3.18. The molecule has 2 aromatic rings. The maximum Gasteiger partial charge on any atom is 0.289 e. The summed E-state index contributed by atoms with van der Waals surface area (Å²) in [7, 11) is 0. The van der Waals surface area contributed by atoms with E-state index < -0.39 is 0 Å². The predicted octanol–water partition coefficient (Wildman–Crippen LogP) is 2.75. The number of hydrogen-bond donors (Lipinski definition) is 1. The van der Waals surface area contributed by atoms with Gasteiger partial charge in [0.25, 0.3) is 5.82 Å². The van der Waals surface area contributed by atoms with Crippen LogP contribution in [0.3, 0.4) is 0 Å². The smallest absolute Gasteiger partial charge is 0.286 e. The average Bonchev–Trinajstić information content (AvgIpc) is 2.47. The third-order valence-electron chi connectivity index (χ3n) is 4.08. The summed E-state index contributed by atoms with van der Waals surface area (Å²) in [5, 5.41) is 9.48. The lowest BCUT2D eigenvalue weighted by atomic mass is 9.82. The fourth-order valence-corrected chi connectivity index (χ4v) is 3.06. The van der Waals surface area contributed by atoms with Gasteiger partial charge in [0.2, 0.25) is 0 Å². The third-order valence-corrected chi connectivity index (χ3v) is 4.08. The lowest BCUT2D eigenvalue weighted by molar-refractivity contribution is -0.375. The number of nitrogens with zero attached hydrogens (tertiary/aromatic N) is 1. The molecule has 0 spiro atoms. The number of hydrogen-bond acceptors (Lipinski definition) is 2. The van der Waals surface area contributed by atoms with Crippen LogP contribution >= 0.6 is 0 Å². The monoisotopic (exact) mass is 264 g/mol. The van der Waals surface area contributed by atoms with Crippen LogP contribution in [-0.4, -0.2) is 0 Å². The molecule has 3 nitrogen and oxygen atoms in total. The molecule has 0 saturated heterocycles. The largest absolute Gasteiger partial charge is 0.289 e. The van der Waals surface area contributed by atoms with Gasteiger partial charge in [0.05, 0.1) is 0 Å². The summed E-state index contributed by atoms with van der Waals surface area (Å²) in [5.41, 5.74) is 11.2. The van der Waals surface area contributed by atoms with E-state index in [0.717, 1.165) is 24.0 Å². The molecule has 0 fully saturated rings. The molecule has 3 rings (SSSR count). The van der Waals surface area contributed by atoms with Crippen molar-refractivity contribution in [1.29, 1.82) is 5.26 Å². The molecular formula is C17H18N3+. The Morgan fingerprint density at radius 3 is 2.75 bits per heavy atom. The Kier molecular flexibility index (Phi) is 3.15. The molecule has 0 radical (unpaired) electrons. The van der Waals surface area contributed by atoms with Crippen molar-refractivity contribution in [2.24, 2.45) is 5.92 Å². The molecule has 0 saturated carbocycles. The molecular weight excluding hydrogens is 246 g/mol. The Bertz CT molecular complexity index is 684. The van der Waals surface area contributed by atoms with E-state index in [9.17, 15) is 5.26 Å². The van der Waals surface area contributed by atoms with Crippen molar-refractivity contribution in [2.75, 3.05) is 5.73 Å². The zero-order valence-corrected chi connectivity index (χ0v) is 11.6. The summed E-state index contributed by atoms with van der Waals surface area (Å²) in [6.45, 7) is 2.26. The van der Waals surface area contributed by atoms with Gasteiger partial charge in [-0.1, -0.05) is 37.3 Å². The minimum atomic E-state index is 0.486. The number of nitrogens with one attached hydrogen (secondary N) is 1. The Labute approximate surface area is 119 Å². The van der Waals surface area contributed by atoms with Crippen molar-refractivity contribution in [2.45, 2.75) is 26.2 Å². The van der Waals surface area contributed by atoms with Crippen molar-refractivity contribution in [3.05, 3.63) is 47.2 Å². The number of nitrogens with two attached hydrogens (primary N) is 1. The second-order valence-electron chi connectivity index (χ2n) is 5.57. The molecule has 0 amide bonds. The molecule has 1 aromatic heterocycles. The standard InChI is InChI=1S/C17H17N3/c1-11-7-8-15-13(9-11)16(12-5-3-2-4-6-12)14(10-18)17(19)20-15/h2-6,11H,7-9H2,1H3,(H2,19,20)/p+1/t11-/m1/s1. The lowest BCUT2D eigenvalue weighted by Gasteiger charge is -2.23. The van der Waals surface area contributed by atoms with Crippen molar-refractivity contribution < 1.29 is 4.98 Å². The van der Waals surface area contributed by atoms with Crippen LogP contribution in [0.4, 0.5) is 5.82 Å². The minimum absolute atomic E-state index is 0.486. The number of fused-ring (bicyclic) bond motifs is 1. The summed E-state index contributed by atoms with van der Waals surface area (Å²) in [5.74, 6) is 1.13. The van der Waals surface area contributed by atoms with Crippen LogP contribution in [0.25, 0.3) is 11.1 Å². The molecule has 0 unspecified atom stereocenters. The topological polar surface area (TPSA) is 63.9 Å². The van der Waals surface area contributed by atoms with Gasteiger partial charge in [0, 0.05) is 17.5 Å². The number of nitriles is 1. The van der Waals surface area contributed by atoms with Crippen LogP contribution in [0.1, 0.15) is 30.2 Å². The maximum atomic E-state index is 9.48. The molecule has 3 N–H and O–H groups in total. The number of H-pyrrole nitrogens is 1. The molecule has 0 aliphatic heterocycles. The molecule has 20 heavy (non-hydrogen) atoms. The van der Waals surface area contributed by atoms with Crippen molar-refractivity contribution in [3.63, 3.8) is 0 Å². The SMILES string of the molecule is C[C@@H]1CCc2[nH+]c(N)c(C#N)c(-c3ccccc3)c2C1. The molecule has 1 heterocycles. The second-order valence-corrected chi connectivity index (χ2v) is 5.57.